The Bertz CT molecular complexity index is 726. The number of nitrogens with one attached hydrogen (secondary N) is 2. The molecule has 5 nitrogen and oxygen atoms in total. The highest BCUT2D eigenvalue weighted by atomic mass is 16.5. The molecule has 0 bridgehead atoms. The minimum Gasteiger partial charge on any atom is -0.493 e. The Morgan fingerprint density at radius 1 is 0.923 bits per heavy atom. The molecule has 2 aromatic carbocycles. The number of carbonyl (C=O) groups is 2. The maximum Gasteiger partial charge on any atom is 0.259 e. The standard InChI is InChI=1S/C21H26N2O3/c1-3-5-8-15-26-19-10-7-6-9-18(19)21(25)23-17-13-11-16(12-14-17)20(24)22-4-2/h6-7,9-14H,3-5,8,15H2,1-2H3,(H,22,24)(H,23,25). The van der Waals surface area contributed by atoms with Gasteiger partial charge in [0.2, 0.25) is 0 Å². The SMILES string of the molecule is CCCCCOc1ccccc1C(=O)Nc1ccc(C(=O)NCC)cc1. The van der Waals surface area contributed by atoms with E-state index in [1.807, 2.05) is 19.1 Å². The van der Waals surface area contributed by atoms with E-state index in [0.29, 0.717) is 35.7 Å². The molecule has 0 aliphatic rings. The van der Waals surface area contributed by atoms with Crippen molar-refractivity contribution in [3.8, 4) is 5.75 Å². The van der Waals surface area contributed by atoms with Crippen LogP contribution in [0.1, 0.15) is 53.8 Å². The zero-order valence-electron chi connectivity index (χ0n) is 15.4. The zero-order valence-corrected chi connectivity index (χ0v) is 15.4. The molecule has 0 saturated heterocycles. The van der Waals surface area contributed by atoms with Gasteiger partial charge in [-0.15, -0.1) is 0 Å². The number of benzene rings is 2. The van der Waals surface area contributed by atoms with E-state index in [1.165, 1.54) is 0 Å². The van der Waals surface area contributed by atoms with Crippen LogP contribution in [0, 0.1) is 0 Å². The number of rotatable bonds is 9. The normalized spacial score (nSPS) is 10.2. The largest absolute Gasteiger partial charge is 0.493 e. The van der Waals surface area contributed by atoms with Crippen molar-refractivity contribution in [2.75, 3.05) is 18.5 Å². The van der Waals surface area contributed by atoms with Gasteiger partial charge >= 0.3 is 0 Å². The van der Waals surface area contributed by atoms with Crippen LogP contribution in [0.4, 0.5) is 5.69 Å². The van der Waals surface area contributed by atoms with Crippen molar-refractivity contribution in [2.24, 2.45) is 0 Å². The molecule has 0 heterocycles. The first kappa shape index (κ1) is 19.5. The number of anilines is 1. The Kier molecular flexibility index (Phi) is 7.68. The van der Waals surface area contributed by atoms with E-state index in [2.05, 4.69) is 17.6 Å². The quantitative estimate of drug-likeness (QED) is 0.661. The molecule has 0 unspecified atom stereocenters. The average Bonchev–Trinajstić information content (AvgIpc) is 2.66. The molecule has 0 fully saturated rings. The van der Waals surface area contributed by atoms with E-state index in [-0.39, 0.29) is 11.8 Å². The molecule has 0 aliphatic heterocycles. The molecule has 0 aliphatic carbocycles. The van der Waals surface area contributed by atoms with Gasteiger partial charge in [0, 0.05) is 17.8 Å². The molecule has 2 N–H and O–H groups in total. The summed E-state index contributed by atoms with van der Waals surface area (Å²) in [6.07, 6.45) is 3.19. The molecule has 138 valence electrons. The van der Waals surface area contributed by atoms with Gasteiger partial charge in [0.15, 0.2) is 0 Å². The summed E-state index contributed by atoms with van der Waals surface area (Å²) in [6.45, 7) is 5.18. The number of hydrogen-bond donors (Lipinski definition) is 2. The highest BCUT2D eigenvalue weighted by molar-refractivity contribution is 6.06. The van der Waals surface area contributed by atoms with Crippen molar-refractivity contribution < 1.29 is 14.3 Å². The lowest BCUT2D eigenvalue weighted by molar-refractivity contribution is 0.0955. The predicted octanol–water partition coefficient (Wildman–Crippen LogP) is 4.26. The van der Waals surface area contributed by atoms with Crippen molar-refractivity contribution in [3.63, 3.8) is 0 Å². The second-order valence-electron chi connectivity index (χ2n) is 5.94. The monoisotopic (exact) mass is 354 g/mol. The predicted molar refractivity (Wildman–Crippen MR) is 104 cm³/mol. The van der Waals surface area contributed by atoms with Crippen molar-refractivity contribution in [3.05, 3.63) is 59.7 Å². The minimum atomic E-state index is -0.234. The number of amides is 2. The van der Waals surface area contributed by atoms with Gasteiger partial charge in [0.1, 0.15) is 5.75 Å². The molecule has 0 aromatic heterocycles. The zero-order chi connectivity index (χ0) is 18.8. The van der Waals surface area contributed by atoms with Crippen LogP contribution in [0.3, 0.4) is 0 Å². The fourth-order valence-electron chi connectivity index (χ4n) is 2.48. The second kappa shape index (κ2) is 10.2. The Labute approximate surface area is 154 Å². The van der Waals surface area contributed by atoms with Gasteiger partial charge in [-0.25, -0.2) is 0 Å². The van der Waals surface area contributed by atoms with Gasteiger partial charge in [-0.1, -0.05) is 31.9 Å². The number of para-hydroxylation sites is 1. The van der Waals surface area contributed by atoms with Crippen molar-refractivity contribution >= 4 is 17.5 Å². The van der Waals surface area contributed by atoms with Crippen molar-refractivity contribution in [1.29, 1.82) is 0 Å². The molecule has 0 atom stereocenters. The summed E-state index contributed by atoms with van der Waals surface area (Å²) < 4.78 is 5.76. The van der Waals surface area contributed by atoms with Gasteiger partial charge in [0.25, 0.3) is 11.8 Å². The lowest BCUT2D eigenvalue weighted by Gasteiger charge is -2.12. The summed E-state index contributed by atoms with van der Waals surface area (Å²) >= 11 is 0. The first-order chi connectivity index (χ1) is 12.7. The Hall–Kier alpha value is -2.82. The number of ether oxygens (including phenoxy) is 1. The van der Waals surface area contributed by atoms with E-state index < -0.39 is 0 Å². The maximum absolute atomic E-state index is 12.6. The average molecular weight is 354 g/mol. The van der Waals surface area contributed by atoms with Crippen LogP contribution in [0.25, 0.3) is 0 Å². The molecular formula is C21H26N2O3. The fourth-order valence-corrected chi connectivity index (χ4v) is 2.48. The maximum atomic E-state index is 12.6. The van der Waals surface area contributed by atoms with Gasteiger partial charge in [-0.05, 0) is 49.7 Å². The third-order valence-corrected chi connectivity index (χ3v) is 3.88. The number of hydrogen-bond acceptors (Lipinski definition) is 3. The van der Waals surface area contributed by atoms with E-state index >= 15 is 0 Å². The summed E-state index contributed by atoms with van der Waals surface area (Å²) in [5.41, 5.74) is 1.69. The van der Waals surface area contributed by atoms with Crippen molar-refractivity contribution in [2.45, 2.75) is 33.1 Å². The van der Waals surface area contributed by atoms with Crippen LogP contribution in [0.5, 0.6) is 5.75 Å². The molecule has 2 aromatic rings. The molecule has 0 spiro atoms. The summed E-state index contributed by atoms with van der Waals surface area (Å²) in [4.78, 5) is 24.4. The van der Waals surface area contributed by atoms with Gasteiger partial charge < -0.3 is 15.4 Å². The van der Waals surface area contributed by atoms with E-state index in [9.17, 15) is 9.59 Å². The Morgan fingerprint density at radius 3 is 2.35 bits per heavy atom. The third-order valence-electron chi connectivity index (χ3n) is 3.88. The fraction of sp³-hybridized carbons (Fsp3) is 0.333. The molecule has 2 amide bonds. The molecule has 26 heavy (non-hydrogen) atoms. The van der Waals surface area contributed by atoms with E-state index in [4.69, 9.17) is 4.74 Å². The lowest BCUT2D eigenvalue weighted by Crippen LogP contribution is -2.22. The molecule has 5 heteroatoms. The highest BCUT2D eigenvalue weighted by Gasteiger charge is 2.13. The van der Waals surface area contributed by atoms with Crippen LogP contribution in [0.15, 0.2) is 48.5 Å². The van der Waals surface area contributed by atoms with Crippen LogP contribution >= 0.6 is 0 Å². The van der Waals surface area contributed by atoms with Crippen LogP contribution < -0.4 is 15.4 Å². The summed E-state index contributed by atoms with van der Waals surface area (Å²) in [6, 6.07) is 14.0. The minimum absolute atomic E-state index is 0.129. The Balaban J connectivity index is 2.02. The summed E-state index contributed by atoms with van der Waals surface area (Å²) in [5.74, 6) is 0.220. The number of unbranched alkanes of at least 4 members (excludes halogenated alkanes) is 2. The Morgan fingerprint density at radius 2 is 1.65 bits per heavy atom. The van der Waals surface area contributed by atoms with Crippen LogP contribution in [-0.2, 0) is 0 Å². The lowest BCUT2D eigenvalue weighted by atomic mass is 10.1. The molecule has 0 saturated carbocycles. The molecular weight excluding hydrogens is 328 g/mol. The topological polar surface area (TPSA) is 67.4 Å². The van der Waals surface area contributed by atoms with Crippen LogP contribution in [0.2, 0.25) is 0 Å². The van der Waals surface area contributed by atoms with Gasteiger partial charge in [0.05, 0.1) is 12.2 Å². The summed E-state index contributed by atoms with van der Waals surface area (Å²) in [7, 11) is 0. The molecule has 2 rings (SSSR count). The number of carbonyl (C=O) groups excluding carboxylic acids is 2. The second-order valence-corrected chi connectivity index (χ2v) is 5.94. The highest BCUT2D eigenvalue weighted by Crippen LogP contribution is 2.20. The third kappa shape index (κ3) is 5.62. The summed E-state index contributed by atoms with van der Waals surface area (Å²) in [5, 5.41) is 5.59. The smallest absolute Gasteiger partial charge is 0.259 e. The first-order valence-corrected chi connectivity index (χ1v) is 9.07. The molecule has 0 radical (unpaired) electrons. The van der Waals surface area contributed by atoms with Crippen molar-refractivity contribution in [1.82, 2.24) is 5.32 Å². The van der Waals surface area contributed by atoms with Gasteiger partial charge in [-0.3, -0.25) is 9.59 Å². The first-order valence-electron chi connectivity index (χ1n) is 9.07. The van der Waals surface area contributed by atoms with Crippen LogP contribution in [-0.4, -0.2) is 25.0 Å². The van der Waals surface area contributed by atoms with Gasteiger partial charge in [-0.2, -0.15) is 0 Å². The van der Waals surface area contributed by atoms with E-state index in [0.717, 1.165) is 19.3 Å². The van der Waals surface area contributed by atoms with E-state index in [1.54, 1.807) is 36.4 Å².